The minimum Gasteiger partial charge on any atom is -0.497 e. The summed E-state index contributed by atoms with van der Waals surface area (Å²) in [5, 5.41) is 13.8. The number of nitrogens with one attached hydrogen (secondary N) is 2. The molecule has 1 aromatic rings. The summed E-state index contributed by atoms with van der Waals surface area (Å²) in [6.07, 6.45) is 6.89. The van der Waals surface area contributed by atoms with E-state index in [1.165, 1.54) is 78.6 Å². The fourth-order valence-corrected chi connectivity index (χ4v) is 4.46. The number of likely N-dealkylation sites (tertiary alicyclic amines) is 1. The van der Waals surface area contributed by atoms with E-state index in [1.54, 1.807) is 7.11 Å². The first-order valence-corrected chi connectivity index (χ1v) is 14.1. The van der Waals surface area contributed by atoms with E-state index in [2.05, 4.69) is 50.3 Å². The first kappa shape index (κ1) is 32.2. The van der Waals surface area contributed by atoms with Crippen LogP contribution < -0.4 is 15.4 Å². The molecule has 0 unspecified atom stereocenters. The monoisotopic (exact) mass is 548 g/mol. The van der Waals surface area contributed by atoms with E-state index in [0.29, 0.717) is 24.8 Å². The van der Waals surface area contributed by atoms with Crippen LogP contribution >= 0.6 is 12.6 Å². The molecule has 0 spiro atoms. The van der Waals surface area contributed by atoms with Crippen LogP contribution in [-0.2, 0) is 9.53 Å². The number of carbonyl (C=O) groups excluding carboxylic acids is 1. The third kappa shape index (κ3) is 13.2. The van der Waals surface area contributed by atoms with Gasteiger partial charge in [0.1, 0.15) is 5.75 Å². The highest BCUT2D eigenvalue weighted by Crippen LogP contribution is 2.24. The Morgan fingerprint density at radius 2 is 1.74 bits per heavy atom. The highest BCUT2D eigenvalue weighted by atomic mass is 32.1. The van der Waals surface area contributed by atoms with Crippen molar-refractivity contribution in [1.82, 2.24) is 20.4 Å². The van der Waals surface area contributed by atoms with E-state index in [-0.39, 0.29) is 0 Å². The average Bonchev–Trinajstić information content (AvgIpc) is 3.76. The Hall–Kier alpha value is -1.98. The van der Waals surface area contributed by atoms with Gasteiger partial charge in [0.05, 0.1) is 27.0 Å². The topological polar surface area (TPSA) is 90.8 Å². The van der Waals surface area contributed by atoms with Gasteiger partial charge < -0.3 is 29.9 Å². The van der Waals surface area contributed by atoms with Gasteiger partial charge in [-0.3, -0.25) is 4.79 Å². The molecule has 4 rings (SSSR count). The maximum Gasteiger partial charge on any atom is 0.222 e. The van der Waals surface area contributed by atoms with Crippen LogP contribution in [0.25, 0.3) is 0 Å². The molecule has 0 bridgehead atoms. The second-order valence-electron chi connectivity index (χ2n) is 10.2. The van der Waals surface area contributed by atoms with Gasteiger partial charge >= 0.3 is 0 Å². The predicted octanol–water partition coefficient (Wildman–Crippen LogP) is 2.80. The van der Waals surface area contributed by atoms with Crippen molar-refractivity contribution in [3.8, 4) is 5.75 Å². The Morgan fingerprint density at radius 3 is 2.26 bits per heavy atom. The number of hydrogen-bond acceptors (Lipinski definition) is 10. The summed E-state index contributed by atoms with van der Waals surface area (Å²) in [7, 11) is 5.44. The summed E-state index contributed by atoms with van der Waals surface area (Å²) in [5.74, 6) is 2.35. The van der Waals surface area contributed by atoms with E-state index in [0.717, 1.165) is 33.9 Å². The molecule has 2 heterocycles. The van der Waals surface area contributed by atoms with Crippen molar-refractivity contribution in [2.24, 2.45) is 16.1 Å². The second kappa shape index (κ2) is 18.3. The molecular formula is C28H48N6O3S. The molecule has 2 aliphatic heterocycles. The SMILES string of the molecule is CN1CCC(CN2CCNCC2)CC1.CO/C(CNC1CC1)=N\N=C\C=O.COc1cc(C)c(S)c(C)c1. The van der Waals surface area contributed by atoms with E-state index < -0.39 is 0 Å². The molecule has 38 heavy (non-hydrogen) atoms. The van der Waals surface area contributed by atoms with Crippen LogP contribution in [-0.4, -0.2) is 108 Å². The number of piperidine rings is 1. The van der Waals surface area contributed by atoms with Crippen LogP contribution in [0.15, 0.2) is 27.2 Å². The molecule has 1 saturated carbocycles. The van der Waals surface area contributed by atoms with Gasteiger partial charge in [0.2, 0.25) is 5.90 Å². The van der Waals surface area contributed by atoms with Crippen molar-refractivity contribution in [3.63, 3.8) is 0 Å². The number of thiol groups is 1. The van der Waals surface area contributed by atoms with Crippen LogP contribution in [0.3, 0.4) is 0 Å². The van der Waals surface area contributed by atoms with E-state index >= 15 is 0 Å². The van der Waals surface area contributed by atoms with E-state index in [4.69, 9.17) is 9.47 Å². The third-order valence-electron chi connectivity index (χ3n) is 6.92. The van der Waals surface area contributed by atoms with Gasteiger partial charge in [-0.05, 0) is 88.8 Å². The van der Waals surface area contributed by atoms with Crippen molar-refractivity contribution in [2.45, 2.75) is 50.5 Å². The first-order valence-electron chi connectivity index (χ1n) is 13.6. The number of hydrogen-bond donors (Lipinski definition) is 3. The summed E-state index contributed by atoms with van der Waals surface area (Å²) in [6, 6.07) is 4.57. The lowest BCUT2D eigenvalue weighted by Crippen LogP contribution is -2.46. The standard InChI is InChI=1S/C11H23N3.C9H12OS.C8H13N3O2/c1-13-6-2-11(3-7-13)10-14-8-4-12-5-9-14;1-6-4-8(10-3)5-7(2)9(6)11;1-13-8(11-10-4-5-12)6-9-7-2-3-7/h11-12H,2-10H2,1H3;4-5,11H,1-3H3;4-5,7,9H,2-3,6H2,1H3/b;;10-4+,11-8-. The smallest absolute Gasteiger partial charge is 0.222 e. The minimum atomic E-state index is 0.491. The molecule has 214 valence electrons. The number of benzene rings is 1. The van der Waals surface area contributed by atoms with Gasteiger partial charge in [0.15, 0.2) is 6.29 Å². The molecular weight excluding hydrogens is 500 g/mol. The predicted molar refractivity (Wildman–Crippen MR) is 159 cm³/mol. The van der Waals surface area contributed by atoms with Crippen LogP contribution in [0.2, 0.25) is 0 Å². The molecule has 3 aliphatic rings. The number of rotatable bonds is 8. The number of ether oxygens (including phenoxy) is 2. The molecule has 2 saturated heterocycles. The summed E-state index contributed by atoms with van der Waals surface area (Å²) in [6.45, 7) is 13.5. The van der Waals surface area contributed by atoms with Gasteiger partial charge in [-0.15, -0.1) is 17.7 Å². The zero-order valence-corrected chi connectivity index (χ0v) is 24.8. The molecule has 1 aliphatic carbocycles. The van der Waals surface area contributed by atoms with Crippen LogP contribution in [0.1, 0.15) is 36.8 Å². The Bertz CT molecular complexity index is 856. The van der Waals surface area contributed by atoms with Crippen LogP contribution in [0, 0.1) is 19.8 Å². The Kier molecular flexibility index (Phi) is 15.6. The van der Waals surface area contributed by atoms with E-state index in [1.807, 2.05) is 26.0 Å². The van der Waals surface area contributed by atoms with Crippen molar-refractivity contribution in [1.29, 1.82) is 0 Å². The summed E-state index contributed by atoms with van der Waals surface area (Å²) in [4.78, 5) is 16.0. The fraction of sp³-hybridized carbons (Fsp3) is 0.679. The lowest BCUT2D eigenvalue weighted by atomic mass is 9.96. The molecule has 10 heteroatoms. The van der Waals surface area contributed by atoms with Gasteiger partial charge in [-0.1, -0.05) is 0 Å². The maximum absolute atomic E-state index is 9.88. The van der Waals surface area contributed by atoms with Crippen molar-refractivity contribution >= 4 is 31.0 Å². The lowest BCUT2D eigenvalue weighted by Gasteiger charge is -2.34. The highest BCUT2D eigenvalue weighted by molar-refractivity contribution is 7.80. The van der Waals surface area contributed by atoms with Gasteiger partial charge in [0.25, 0.3) is 0 Å². The highest BCUT2D eigenvalue weighted by Gasteiger charge is 2.21. The molecule has 0 radical (unpaired) electrons. The van der Waals surface area contributed by atoms with Crippen LogP contribution in [0.4, 0.5) is 0 Å². The molecule has 3 fully saturated rings. The number of nitrogens with zero attached hydrogens (tertiary/aromatic N) is 4. The average molecular weight is 549 g/mol. The largest absolute Gasteiger partial charge is 0.497 e. The quantitative estimate of drug-likeness (QED) is 0.151. The Balaban J connectivity index is 0.000000202. The van der Waals surface area contributed by atoms with E-state index in [9.17, 15) is 4.79 Å². The van der Waals surface area contributed by atoms with Gasteiger partial charge in [-0.25, -0.2) is 0 Å². The van der Waals surface area contributed by atoms with Crippen LogP contribution in [0.5, 0.6) is 5.75 Å². The zero-order chi connectivity index (χ0) is 27.8. The zero-order valence-electron chi connectivity index (χ0n) is 23.9. The second-order valence-corrected chi connectivity index (χ2v) is 10.6. The molecule has 0 amide bonds. The number of aldehydes is 1. The normalized spacial score (nSPS) is 19.3. The minimum absolute atomic E-state index is 0.491. The number of aryl methyl sites for hydroxylation is 2. The number of piperazine rings is 1. The van der Waals surface area contributed by atoms with Crippen molar-refractivity contribution < 1.29 is 14.3 Å². The third-order valence-corrected chi connectivity index (χ3v) is 7.62. The summed E-state index contributed by atoms with van der Waals surface area (Å²) < 4.78 is 10.0. The fourth-order valence-electron chi connectivity index (χ4n) is 4.33. The Morgan fingerprint density at radius 1 is 1.11 bits per heavy atom. The van der Waals surface area contributed by atoms with Gasteiger partial charge in [-0.2, -0.15) is 5.10 Å². The van der Waals surface area contributed by atoms with Crippen molar-refractivity contribution in [2.75, 3.05) is 73.6 Å². The van der Waals surface area contributed by atoms with Gasteiger partial charge in [0, 0.05) is 43.7 Å². The number of carbonyl (C=O) groups is 1. The molecule has 1 aromatic carbocycles. The maximum atomic E-state index is 9.88. The molecule has 0 aromatic heterocycles. The molecule has 9 nitrogen and oxygen atoms in total. The molecule has 0 atom stereocenters. The number of methoxy groups -OCH3 is 2. The summed E-state index contributed by atoms with van der Waals surface area (Å²) >= 11 is 4.34. The lowest BCUT2D eigenvalue weighted by molar-refractivity contribution is -0.102. The Labute approximate surface area is 234 Å². The molecule has 2 N–H and O–H groups in total. The first-order chi connectivity index (χ1) is 18.4. The summed E-state index contributed by atoms with van der Waals surface area (Å²) in [5.41, 5.74) is 2.32. The van der Waals surface area contributed by atoms with Crippen molar-refractivity contribution in [3.05, 3.63) is 23.3 Å².